The van der Waals surface area contributed by atoms with Crippen LogP contribution in [0.1, 0.15) is 18.7 Å². The molecule has 0 radical (unpaired) electrons. The molecule has 0 saturated heterocycles. The molecular weight excluding hydrogens is 274 g/mol. The number of hydrogen-bond donors (Lipinski definition) is 1. The van der Waals surface area contributed by atoms with E-state index in [1.165, 1.54) is 6.26 Å². The molecule has 20 heavy (non-hydrogen) atoms. The van der Waals surface area contributed by atoms with Crippen LogP contribution < -0.4 is 5.32 Å². The molecule has 2 atom stereocenters. The smallest absolute Gasteiger partial charge is 0.151 e. The molecule has 0 spiro atoms. The lowest BCUT2D eigenvalue weighted by molar-refractivity contribution is 0.516. The molecule has 1 aromatic heterocycles. The minimum atomic E-state index is -3.14. The highest BCUT2D eigenvalue weighted by Gasteiger charge is 2.28. The van der Waals surface area contributed by atoms with Crippen LogP contribution in [0.25, 0.3) is 5.69 Å². The molecule has 6 heteroatoms. The van der Waals surface area contributed by atoms with Gasteiger partial charge >= 0.3 is 0 Å². The predicted octanol–water partition coefficient (Wildman–Crippen LogP) is 1.57. The zero-order valence-corrected chi connectivity index (χ0v) is 12.6. The van der Waals surface area contributed by atoms with Crippen LogP contribution in [0.5, 0.6) is 0 Å². The molecule has 0 saturated carbocycles. The van der Waals surface area contributed by atoms with E-state index in [1.54, 1.807) is 24.9 Å². The first-order valence-electron chi connectivity index (χ1n) is 6.40. The highest BCUT2D eigenvalue weighted by molar-refractivity contribution is 7.91. The fraction of sp³-hybridized carbons (Fsp3) is 0.357. The number of nitrogens with one attached hydrogen (secondary N) is 1. The van der Waals surface area contributed by atoms with Crippen molar-refractivity contribution in [1.82, 2.24) is 15.1 Å². The molecule has 2 unspecified atom stereocenters. The molecule has 1 heterocycles. The Hall–Kier alpha value is -1.66. The summed E-state index contributed by atoms with van der Waals surface area (Å²) in [6, 6.07) is 11.2. The summed E-state index contributed by atoms with van der Waals surface area (Å²) in [5.74, 6) is 0. The average molecular weight is 293 g/mol. The summed E-state index contributed by atoms with van der Waals surface area (Å²) in [6.45, 7) is 1.71. The van der Waals surface area contributed by atoms with Gasteiger partial charge in [-0.25, -0.2) is 13.1 Å². The van der Waals surface area contributed by atoms with E-state index in [0.29, 0.717) is 0 Å². The number of benzene rings is 1. The maximum absolute atomic E-state index is 11.8. The summed E-state index contributed by atoms with van der Waals surface area (Å²) in [6.07, 6.45) is 2.94. The molecule has 2 rings (SSSR count). The third kappa shape index (κ3) is 2.91. The van der Waals surface area contributed by atoms with Crippen molar-refractivity contribution in [3.63, 3.8) is 0 Å². The predicted molar refractivity (Wildman–Crippen MR) is 79.7 cm³/mol. The Morgan fingerprint density at radius 2 is 1.85 bits per heavy atom. The molecule has 0 aliphatic carbocycles. The van der Waals surface area contributed by atoms with Crippen LogP contribution in [0, 0.1) is 0 Å². The Kier molecular flexibility index (Phi) is 4.25. The van der Waals surface area contributed by atoms with E-state index in [0.717, 1.165) is 11.4 Å². The molecule has 5 nitrogen and oxygen atoms in total. The van der Waals surface area contributed by atoms with Crippen LogP contribution in [-0.4, -0.2) is 36.8 Å². The first-order valence-corrected chi connectivity index (χ1v) is 8.36. The molecule has 2 aromatic rings. The lowest BCUT2D eigenvalue weighted by Crippen LogP contribution is -2.34. The fourth-order valence-electron chi connectivity index (χ4n) is 2.20. The molecular formula is C14H19N3O2S. The fourth-order valence-corrected chi connectivity index (χ4v) is 2.97. The van der Waals surface area contributed by atoms with Gasteiger partial charge in [0.15, 0.2) is 9.84 Å². The molecule has 1 aromatic carbocycles. The van der Waals surface area contributed by atoms with Gasteiger partial charge in [-0.1, -0.05) is 18.2 Å². The van der Waals surface area contributed by atoms with Crippen LogP contribution >= 0.6 is 0 Å². The van der Waals surface area contributed by atoms with Gasteiger partial charge in [0.25, 0.3) is 0 Å². The molecule has 0 fully saturated rings. The van der Waals surface area contributed by atoms with Gasteiger partial charge < -0.3 is 5.32 Å². The van der Waals surface area contributed by atoms with E-state index < -0.39 is 15.1 Å². The summed E-state index contributed by atoms with van der Waals surface area (Å²) >= 11 is 0. The number of para-hydroxylation sites is 1. The van der Waals surface area contributed by atoms with Gasteiger partial charge in [0.1, 0.15) is 0 Å². The number of rotatable bonds is 5. The molecule has 108 valence electrons. The third-order valence-corrected chi connectivity index (χ3v) is 5.07. The lowest BCUT2D eigenvalue weighted by Gasteiger charge is -2.23. The Morgan fingerprint density at radius 1 is 1.20 bits per heavy atom. The van der Waals surface area contributed by atoms with E-state index in [1.807, 2.05) is 36.4 Å². The Morgan fingerprint density at radius 3 is 2.40 bits per heavy atom. The van der Waals surface area contributed by atoms with E-state index >= 15 is 0 Å². The summed E-state index contributed by atoms with van der Waals surface area (Å²) in [5, 5.41) is 6.85. The largest absolute Gasteiger partial charge is 0.311 e. The zero-order valence-electron chi connectivity index (χ0n) is 11.8. The zero-order chi connectivity index (χ0) is 14.8. The van der Waals surface area contributed by atoms with E-state index in [4.69, 9.17) is 0 Å². The first-order chi connectivity index (χ1) is 9.45. The minimum Gasteiger partial charge on any atom is -0.311 e. The normalized spacial score (nSPS) is 14.9. The molecule has 1 N–H and O–H groups in total. The van der Waals surface area contributed by atoms with Gasteiger partial charge in [-0.15, -0.1) is 0 Å². The second-order valence-electron chi connectivity index (χ2n) is 4.80. The second-order valence-corrected chi connectivity index (χ2v) is 7.21. The number of hydrogen-bond acceptors (Lipinski definition) is 4. The first kappa shape index (κ1) is 14.7. The average Bonchev–Trinajstić information content (AvgIpc) is 2.89. The van der Waals surface area contributed by atoms with E-state index in [9.17, 15) is 8.42 Å². The molecule has 0 amide bonds. The van der Waals surface area contributed by atoms with E-state index in [2.05, 4.69) is 10.4 Å². The number of aromatic nitrogens is 2. The Labute approximate surface area is 119 Å². The van der Waals surface area contributed by atoms with Crippen molar-refractivity contribution in [3.05, 3.63) is 48.3 Å². The van der Waals surface area contributed by atoms with Gasteiger partial charge in [-0.2, -0.15) is 5.10 Å². The van der Waals surface area contributed by atoms with Crippen molar-refractivity contribution in [2.45, 2.75) is 18.2 Å². The summed E-state index contributed by atoms with van der Waals surface area (Å²) in [7, 11) is -1.38. The van der Waals surface area contributed by atoms with Crippen molar-refractivity contribution in [3.8, 4) is 5.69 Å². The van der Waals surface area contributed by atoms with Gasteiger partial charge in [0.05, 0.1) is 22.7 Å². The SMILES string of the molecule is CNC(c1ccnn1-c1ccccc1)C(C)S(C)(=O)=O. The van der Waals surface area contributed by atoms with Crippen molar-refractivity contribution in [1.29, 1.82) is 0 Å². The van der Waals surface area contributed by atoms with Crippen LogP contribution in [0.2, 0.25) is 0 Å². The van der Waals surface area contributed by atoms with Crippen molar-refractivity contribution in [2.24, 2.45) is 0 Å². The summed E-state index contributed by atoms with van der Waals surface area (Å²) < 4.78 is 25.4. The lowest BCUT2D eigenvalue weighted by atomic mass is 10.1. The second kappa shape index (κ2) is 5.76. The van der Waals surface area contributed by atoms with Crippen LogP contribution in [0.4, 0.5) is 0 Å². The highest BCUT2D eigenvalue weighted by Crippen LogP contribution is 2.23. The number of sulfone groups is 1. The standard InChI is InChI=1S/C14H19N3O2S/c1-11(20(3,18)19)14(15-2)13-9-10-16-17(13)12-7-5-4-6-8-12/h4-11,14-15H,1-3H3. The van der Waals surface area contributed by atoms with Gasteiger partial charge in [0.2, 0.25) is 0 Å². The van der Waals surface area contributed by atoms with Crippen molar-refractivity contribution < 1.29 is 8.42 Å². The van der Waals surface area contributed by atoms with Gasteiger partial charge in [0, 0.05) is 12.5 Å². The van der Waals surface area contributed by atoms with Gasteiger partial charge in [-0.3, -0.25) is 0 Å². The van der Waals surface area contributed by atoms with Crippen molar-refractivity contribution >= 4 is 9.84 Å². The Balaban J connectivity index is 2.45. The van der Waals surface area contributed by atoms with Gasteiger partial charge in [-0.05, 0) is 32.2 Å². The van der Waals surface area contributed by atoms with Crippen molar-refractivity contribution in [2.75, 3.05) is 13.3 Å². The molecule has 0 aliphatic heterocycles. The summed E-state index contributed by atoms with van der Waals surface area (Å²) in [4.78, 5) is 0. The topological polar surface area (TPSA) is 64.0 Å². The van der Waals surface area contributed by atoms with Crippen LogP contribution in [0.15, 0.2) is 42.6 Å². The quantitative estimate of drug-likeness (QED) is 0.909. The molecule has 0 bridgehead atoms. The maximum Gasteiger partial charge on any atom is 0.151 e. The highest BCUT2D eigenvalue weighted by atomic mass is 32.2. The maximum atomic E-state index is 11.8. The monoisotopic (exact) mass is 293 g/mol. The Bertz CT molecular complexity index is 665. The van der Waals surface area contributed by atoms with E-state index in [-0.39, 0.29) is 6.04 Å². The van der Waals surface area contributed by atoms with Crippen LogP contribution in [-0.2, 0) is 9.84 Å². The third-order valence-electron chi connectivity index (χ3n) is 3.45. The number of nitrogens with zero attached hydrogens (tertiary/aromatic N) is 2. The van der Waals surface area contributed by atoms with Crippen LogP contribution in [0.3, 0.4) is 0 Å². The molecule has 0 aliphatic rings. The summed E-state index contributed by atoms with van der Waals surface area (Å²) in [5.41, 5.74) is 1.74. The minimum absolute atomic E-state index is 0.312.